The fourth-order valence-electron chi connectivity index (χ4n) is 3.72. The summed E-state index contributed by atoms with van der Waals surface area (Å²) in [7, 11) is 0. The molecule has 0 spiro atoms. The van der Waals surface area contributed by atoms with Gasteiger partial charge in [0, 0.05) is 23.7 Å². The van der Waals surface area contributed by atoms with E-state index >= 15 is 0 Å². The average molecular weight is 286 g/mol. The van der Waals surface area contributed by atoms with Crippen LogP contribution in [0.4, 0.5) is 5.69 Å². The van der Waals surface area contributed by atoms with Crippen molar-refractivity contribution >= 4 is 11.6 Å². The fourth-order valence-corrected chi connectivity index (χ4v) is 3.72. The molecular weight excluding hydrogens is 260 g/mol. The molecule has 1 aromatic carbocycles. The minimum Gasteiger partial charge on any atom is -0.399 e. The van der Waals surface area contributed by atoms with Gasteiger partial charge in [0.05, 0.1) is 0 Å². The Kier molecular flexibility index (Phi) is 3.92. The van der Waals surface area contributed by atoms with Crippen molar-refractivity contribution in [1.29, 1.82) is 0 Å². The second-order valence-corrected chi connectivity index (χ2v) is 6.75. The number of hydrogen-bond donors (Lipinski definition) is 1. The Balaban J connectivity index is 1.79. The van der Waals surface area contributed by atoms with E-state index in [0.717, 1.165) is 49.9 Å². The zero-order chi connectivity index (χ0) is 14.9. The lowest BCUT2D eigenvalue weighted by atomic mass is 9.81. The first-order chi connectivity index (χ1) is 10.1. The van der Waals surface area contributed by atoms with Crippen LogP contribution in [-0.4, -0.2) is 16.8 Å². The number of hydrogen-bond acceptors (Lipinski definition) is 2. The number of nitrogens with two attached hydrogens (primary N) is 1. The number of nitrogen functional groups attached to an aromatic ring is 1. The molecule has 0 saturated heterocycles. The van der Waals surface area contributed by atoms with E-state index in [9.17, 15) is 4.79 Å². The fraction of sp³-hybridized carbons (Fsp3) is 0.611. The number of rotatable bonds is 5. The molecule has 21 heavy (non-hydrogen) atoms. The van der Waals surface area contributed by atoms with Gasteiger partial charge in [-0.3, -0.25) is 4.79 Å². The standard InChI is InChI=1S/C18H26N2O/c1-2-18(10-3-4-11-18)17(21)20(16-8-9-16)13-14-6-5-7-15(19)12-14/h5-7,12,16H,2-4,8-11,13,19H2,1H3. The monoisotopic (exact) mass is 286 g/mol. The molecule has 1 aromatic rings. The van der Waals surface area contributed by atoms with E-state index in [1.807, 2.05) is 18.2 Å². The Morgan fingerprint density at radius 1 is 1.33 bits per heavy atom. The molecule has 114 valence electrons. The molecular formula is C18H26N2O. The molecule has 0 heterocycles. The first kappa shape index (κ1) is 14.4. The van der Waals surface area contributed by atoms with E-state index in [1.165, 1.54) is 12.8 Å². The van der Waals surface area contributed by atoms with Crippen LogP contribution in [0.3, 0.4) is 0 Å². The number of benzene rings is 1. The zero-order valence-corrected chi connectivity index (χ0v) is 13.0. The lowest BCUT2D eigenvalue weighted by Crippen LogP contribution is -2.43. The molecule has 2 saturated carbocycles. The summed E-state index contributed by atoms with van der Waals surface area (Å²) in [4.78, 5) is 15.3. The summed E-state index contributed by atoms with van der Waals surface area (Å²) in [5.41, 5.74) is 7.72. The van der Waals surface area contributed by atoms with Gasteiger partial charge < -0.3 is 10.6 Å². The summed E-state index contributed by atoms with van der Waals surface area (Å²) in [6.45, 7) is 2.89. The van der Waals surface area contributed by atoms with Gasteiger partial charge in [-0.25, -0.2) is 0 Å². The average Bonchev–Trinajstić information content (AvgIpc) is 3.21. The van der Waals surface area contributed by atoms with Crippen LogP contribution in [0.2, 0.25) is 0 Å². The zero-order valence-electron chi connectivity index (χ0n) is 13.0. The predicted octanol–water partition coefficient (Wildman–Crippen LogP) is 3.73. The molecule has 2 fully saturated rings. The van der Waals surface area contributed by atoms with Crippen LogP contribution in [0.25, 0.3) is 0 Å². The Morgan fingerprint density at radius 3 is 2.62 bits per heavy atom. The molecule has 0 bridgehead atoms. The van der Waals surface area contributed by atoms with Crippen molar-refractivity contribution < 1.29 is 4.79 Å². The van der Waals surface area contributed by atoms with Gasteiger partial charge in [0.1, 0.15) is 0 Å². The molecule has 2 aliphatic carbocycles. The van der Waals surface area contributed by atoms with Gasteiger partial charge in [-0.1, -0.05) is 31.9 Å². The molecule has 2 N–H and O–H groups in total. The van der Waals surface area contributed by atoms with E-state index in [0.29, 0.717) is 11.9 Å². The minimum absolute atomic E-state index is 0.0804. The van der Waals surface area contributed by atoms with Crippen molar-refractivity contribution in [2.45, 2.75) is 64.5 Å². The van der Waals surface area contributed by atoms with Gasteiger partial charge in [0.25, 0.3) is 0 Å². The van der Waals surface area contributed by atoms with E-state index in [4.69, 9.17) is 5.73 Å². The third-order valence-corrected chi connectivity index (χ3v) is 5.24. The Bertz CT molecular complexity index is 516. The van der Waals surface area contributed by atoms with Crippen LogP contribution < -0.4 is 5.73 Å². The van der Waals surface area contributed by atoms with Gasteiger partial charge in [-0.2, -0.15) is 0 Å². The SMILES string of the molecule is CCC1(C(=O)N(Cc2cccc(N)c2)C2CC2)CCCC1. The topological polar surface area (TPSA) is 46.3 Å². The Morgan fingerprint density at radius 2 is 2.05 bits per heavy atom. The van der Waals surface area contributed by atoms with E-state index in [-0.39, 0.29) is 5.41 Å². The third-order valence-electron chi connectivity index (χ3n) is 5.24. The summed E-state index contributed by atoms with van der Waals surface area (Å²) in [5.74, 6) is 0.396. The molecule has 0 aliphatic heterocycles. The number of amides is 1. The molecule has 1 amide bonds. The maximum absolute atomic E-state index is 13.2. The molecule has 0 atom stereocenters. The number of carbonyl (C=O) groups excluding carboxylic acids is 1. The molecule has 3 nitrogen and oxygen atoms in total. The highest BCUT2D eigenvalue weighted by atomic mass is 16.2. The Labute approximate surface area is 127 Å². The van der Waals surface area contributed by atoms with E-state index in [2.05, 4.69) is 17.9 Å². The molecule has 0 unspecified atom stereocenters. The largest absolute Gasteiger partial charge is 0.399 e. The molecule has 3 heteroatoms. The van der Waals surface area contributed by atoms with E-state index < -0.39 is 0 Å². The van der Waals surface area contributed by atoms with Crippen LogP contribution in [0.1, 0.15) is 57.4 Å². The quantitative estimate of drug-likeness (QED) is 0.838. The summed E-state index contributed by atoms with van der Waals surface area (Å²) < 4.78 is 0. The second kappa shape index (κ2) is 5.70. The minimum atomic E-state index is -0.0804. The van der Waals surface area contributed by atoms with Crippen molar-refractivity contribution in [3.8, 4) is 0 Å². The van der Waals surface area contributed by atoms with Crippen molar-refractivity contribution in [3.63, 3.8) is 0 Å². The van der Waals surface area contributed by atoms with Crippen LogP contribution in [0.15, 0.2) is 24.3 Å². The lowest BCUT2D eigenvalue weighted by molar-refractivity contribution is -0.143. The second-order valence-electron chi connectivity index (χ2n) is 6.75. The third kappa shape index (κ3) is 2.92. The normalized spacial score (nSPS) is 20.4. The summed E-state index contributed by atoms with van der Waals surface area (Å²) in [6.07, 6.45) is 7.85. The summed E-state index contributed by atoms with van der Waals surface area (Å²) in [6, 6.07) is 8.41. The maximum Gasteiger partial charge on any atom is 0.229 e. The first-order valence-electron chi connectivity index (χ1n) is 8.30. The van der Waals surface area contributed by atoms with Crippen LogP contribution >= 0.6 is 0 Å². The number of carbonyl (C=O) groups is 1. The van der Waals surface area contributed by atoms with Crippen LogP contribution in [0, 0.1) is 5.41 Å². The summed E-state index contributed by atoms with van der Waals surface area (Å²) in [5, 5.41) is 0. The molecule has 0 aromatic heterocycles. The molecule has 2 aliphatic rings. The highest BCUT2D eigenvalue weighted by Crippen LogP contribution is 2.44. The molecule has 0 radical (unpaired) electrons. The van der Waals surface area contributed by atoms with Gasteiger partial charge in [-0.15, -0.1) is 0 Å². The smallest absolute Gasteiger partial charge is 0.229 e. The van der Waals surface area contributed by atoms with Gasteiger partial charge in [0.2, 0.25) is 5.91 Å². The molecule has 3 rings (SSSR count). The highest BCUT2D eigenvalue weighted by molar-refractivity contribution is 5.83. The first-order valence-corrected chi connectivity index (χ1v) is 8.30. The van der Waals surface area contributed by atoms with Crippen molar-refractivity contribution in [1.82, 2.24) is 4.90 Å². The summed E-state index contributed by atoms with van der Waals surface area (Å²) >= 11 is 0. The van der Waals surface area contributed by atoms with Crippen molar-refractivity contribution in [2.75, 3.05) is 5.73 Å². The van der Waals surface area contributed by atoms with Crippen molar-refractivity contribution in [3.05, 3.63) is 29.8 Å². The lowest BCUT2D eigenvalue weighted by Gasteiger charge is -2.34. The van der Waals surface area contributed by atoms with Crippen molar-refractivity contribution in [2.24, 2.45) is 5.41 Å². The predicted molar refractivity (Wildman–Crippen MR) is 85.6 cm³/mol. The van der Waals surface area contributed by atoms with Gasteiger partial charge in [0.15, 0.2) is 0 Å². The Hall–Kier alpha value is -1.51. The van der Waals surface area contributed by atoms with Crippen LogP contribution in [0.5, 0.6) is 0 Å². The number of anilines is 1. The van der Waals surface area contributed by atoms with Gasteiger partial charge >= 0.3 is 0 Å². The number of nitrogens with zero attached hydrogens (tertiary/aromatic N) is 1. The highest BCUT2D eigenvalue weighted by Gasteiger charge is 2.45. The van der Waals surface area contributed by atoms with Crippen LogP contribution in [-0.2, 0) is 11.3 Å². The van der Waals surface area contributed by atoms with E-state index in [1.54, 1.807) is 0 Å². The van der Waals surface area contributed by atoms with Gasteiger partial charge in [-0.05, 0) is 49.8 Å². The maximum atomic E-state index is 13.2.